The van der Waals surface area contributed by atoms with Gasteiger partial charge in [-0.05, 0) is 61.4 Å². The second-order valence-corrected chi connectivity index (χ2v) is 8.06. The van der Waals surface area contributed by atoms with E-state index in [2.05, 4.69) is 55.5 Å². The lowest BCUT2D eigenvalue weighted by Gasteiger charge is -2.29. The molecule has 0 aromatic heterocycles. The number of halogens is 1. The van der Waals surface area contributed by atoms with Crippen molar-refractivity contribution in [3.63, 3.8) is 0 Å². The van der Waals surface area contributed by atoms with Crippen LogP contribution in [0.1, 0.15) is 42.6 Å². The van der Waals surface area contributed by atoms with Crippen LogP contribution in [-0.2, 0) is 9.47 Å². The van der Waals surface area contributed by atoms with Crippen molar-refractivity contribution in [3.05, 3.63) is 83.2 Å². The van der Waals surface area contributed by atoms with E-state index in [9.17, 15) is 0 Å². The Morgan fingerprint density at radius 2 is 1.50 bits per heavy atom. The Bertz CT molecular complexity index is 985. The highest BCUT2D eigenvalue weighted by atomic mass is 19.1. The van der Waals surface area contributed by atoms with Crippen LogP contribution in [0.3, 0.4) is 0 Å². The molecule has 0 aliphatic carbocycles. The molecule has 0 amide bonds. The minimum Gasteiger partial charge on any atom is -0.376 e. The molecule has 2 nitrogen and oxygen atoms in total. The van der Waals surface area contributed by atoms with Gasteiger partial charge in [-0.25, -0.2) is 4.39 Å². The van der Waals surface area contributed by atoms with Crippen molar-refractivity contribution in [1.29, 1.82) is 0 Å². The Kier molecular flexibility index (Phi) is 6.31. The number of benzene rings is 3. The van der Waals surface area contributed by atoms with Gasteiger partial charge >= 0.3 is 0 Å². The number of hydrogen-bond acceptors (Lipinski definition) is 2. The first-order valence-corrected chi connectivity index (χ1v) is 10.8. The summed E-state index contributed by atoms with van der Waals surface area (Å²) in [7, 11) is 0. The third-order valence-electron chi connectivity index (χ3n) is 5.98. The van der Waals surface area contributed by atoms with Crippen LogP contribution in [0, 0.1) is 19.7 Å². The van der Waals surface area contributed by atoms with Gasteiger partial charge in [0.2, 0.25) is 0 Å². The summed E-state index contributed by atoms with van der Waals surface area (Å²) in [6.07, 6.45) is 1.62. The van der Waals surface area contributed by atoms with E-state index in [1.165, 1.54) is 11.1 Å². The molecule has 1 aliphatic rings. The number of hydrogen-bond donors (Lipinski definition) is 0. The van der Waals surface area contributed by atoms with Gasteiger partial charge in [0.25, 0.3) is 0 Å². The molecule has 2 atom stereocenters. The molecule has 156 valence electrons. The topological polar surface area (TPSA) is 18.5 Å². The summed E-state index contributed by atoms with van der Waals surface area (Å²) in [6, 6.07) is 20.7. The maximum Gasteiger partial charge on any atom is 0.132 e. The minimum atomic E-state index is -0.196. The third kappa shape index (κ3) is 4.33. The molecule has 4 rings (SSSR count). The molecule has 3 heteroatoms. The molecule has 3 aromatic carbocycles. The van der Waals surface area contributed by atoms with Gasteiger partial charge in [0.1, 0.15) is 5.82 Å². The van der Waals surface area contributed by atoms with Crippen LogP contribution in [-0.4, -0.2) is 19.3 Å². The predicted molar refractivity (Wildman–Crippen MR) is 120 cm³/mol. The van der Waals surface area contributed by atoms with Crippen LogP contribution in [0.2, 0.25) is 0 Å². The van der Waals surface area contributed by atoms with E-state index in [4.69, 9.17) is 9.47 Å². The van der Waals surface area contributed by atoms with Gasteiger partial charge in [0.05, 0.1) is 18.8 Å². The Morgan fingerprint density at radius 3 is 2.10 bits per heavy atom. The van der Waals surface area contributed by atoms with Crippen molar-refractivity contribution in [2.45, 2.75) is 45.8 Å². The monoisotopic (exact) mass is 404 g/mol. The minimum absolute atomic E-state index is 0.127. The Morgan fingerprint density at radius 1 is 0.867 bits per heavy atom. The first-order chi connectivity index (χ1) is 14.6. The van der Waals surface area contributed by atoms with E-state index in [1.807, 2.05) is 26.0 Å². The first kappa shape index (κ1) is 20.8. The van der Waals surface area contributed by atoms with Crippen molar-refractivity contribution in [3.8, 4) is 22.3 Å². The highest BCUT2D eigenvalue weighted by Crippen LogP contribution is 2.35. The van der Waals surface area contributed by atoms with E-state index in [0.717, 1.165) is 29.5 Å². The second-order valence-electron chi connectivity index (χ2n) is 8.06. The maximum absolute atomic E-state index is 15.2. The average Bonchev–Trinajstić information content (AvgIpc) is 2.77. The standard InChI is InChI=1S/C27H29FO2/c1-4-29-23-13-16-26(30-17-23)25-15-14-24(19(3)27(25)28)22-11-9-21(10-12-22)20-7-5-18(2)6-8-20/h5-12,14-15,23,26H,4,13,16-17H2,1-3H3. The highest BCUT2D eigenvalue weighted by molar-refractivity contribution is 5.72. The molecule has 1 fully saturated rings. The fourth-order valence-electron chi connectivity index (χ4n) is 4.20. The summed E-state index contributed by atoms with van der Waals surface area (Å²) in [4.78, 5) is 0. The number of ether oxygens (including phenoxy) is 2. The zero-order valence-electron chi connectivity index (χ0n) is 18.0. The smallest absolute Gasteiger partial charge is 0.132 e. The van der Waals surface area contributed by atoms with Crippen LogP contribution in [0.15, 0.2) is 60.7 Å². The van der Waals surface area contributed by atoms with Crippen molar-refractivity contribution in [2.75, 3.05) is 13.2 Å². The van der Waals surface area contributed by atoms with Gasteiger partial charge in [0.15, 0.2) is 0 Å². The molecule has 1 heterocycles. The molecule has 0 spiro atoms. The zero-order valence-corrected chi connectivity index (χ0v) is 18.0. The SMILES string of the molecule is CCOC1CCC(c2ccc(-c3ccc(-c4ccc(C)cc4)cc3)c(C)c2F)OC1. The fraction of sp³-hybridized carbons (Fsp3) is 0.333. The Balaban J connectivity index is 1.54. The number of aryl methyl sites for hydroxylation is 1. The molecule has 1 aliphatic heterocycles. The quantitative estimate of drug-likeness (QED) is 0.454. The molecule has 0 bridgehead atoms. The van der Waals surface area contributed by atoms with Crippen molar-refractivity contribution >= 4 is 0 Å². The number of rotatable bonds is 5. The molecule has 0 radical (unpaired) electrons. The third-order valence-corrected chi connectivity index (χ3v) is 5.98. The van der Waals surface area contributed by atoms with Gasteiger partial charge in [-0.3, -0.25) is 0 Å². The van der Waals surface area contributed by atoms with E-state index in [0.29, 0.717) is 24.3 Å². The lowest BCUT2D eigenvalue weighted by Crippen LogP contribution is -2.28. The van der Waals surface area contributed by atoms with E-state index < -0.39 is 0 Å². The van der Waals surface area contributed by atoms with Gasteiger partial charge < -0.3 is 9.47 Å². The normalized spacial score (nSPS) is 19.1. The summed E-state index contributed by atoms with van der Waals surface area (Å²) in [5, 5.41) is 0. The van der Waals surface area contributed by atoms with Crippen molar-refractivity contribution in [1.82, 2.24) is 0 Å². The largest absolute Gasteiger partial charge is 0.376 e. The summed E-state index contributed by atoms with van der Waals surface area (Å²) in [5.41, 5.74) is 6.87. The first-order valence-electron chi connectivity index (χ1n) is 10.8. The van der Waals surface area contributed by atoms with Crippen LogP contribution in [0.4, 0.5) is 4.39 Å². The zero-order chi connectivity index (χ0) is 21.1. The molecule has 0 N–H and O–H groups in total. The van der Waals surface area contributed by atoms with Gasteiger partial charge in [-0.2, -0.15) is 0 Å². The average molecular weight is 405 g/mol. The fourth-order valence-corrected chi connectivity index (χ4v) is 4.20. The molecular weight excluding hydrogens is 375 g/mol. The second kappa shape index (κ2) is 9.11. The van der Waals surface area contributed by atoms with Crippen molar-refractivity contribution < 1.29 is 13.9 Å². The van der Waals surface area contributed by atoms with Crippen molar-refractivity contribution in [2.24, 2.45) is 0 Å². The summed E-state index contributed by atoms with van der Waals surface area (Å²) < 4.78 is 26.8. The van der Waals surface area contributed by atoms with E-state index in [-0.39, 0.29) is 18.0 Å². The van der Waals surface area contributed by atoms with Crippen LogP contribution < -0.4 is 0 Å². The lowest BCUT2D eigenvalue weighted by atomic mass is 9.92. The van der Waals surface area contributed by atoms with E-state index >= 15 is 4.39 Å². The summed E-state index contributed by atoms with van der Waals surface area (Å²) in [5.74, 6) is -0.157. The van der Waals surface area contributed by atoms with Crippen LogP contribution in [0.25, 0.3) is 22.3 Å². The van der Waals surface area contributed by atoms with Crippen LogP contribution >= 0.6 is 0 Å². The lowest BCUT2D eigenvalue weighted by molar-refractivity contribution is -0.0849. The molecule has 2 unspecified atom stereocenters. The van der Waals surface area contributed by atoms with Gasteiger partial charge in [-0.15, -0.1) is 0 Å². The highest BCUT2D eigenvalue weighted by Gasteiger charge is 2.26. The molecular formula is C27H29FO2. The Labute approximate surface area is 178 Å². The molecule has 3 aromatic rings. The van der Waals surface area contributed by atoms with Crippen LogP contribution in [0.5, 0.6) is 0 Å². The summed E-state index contributed by atoms with van der Waals surface area (Å²) >= 11 is 0. The predicted octanol–water partition coefficient (Wildman–Crippen LogP) is 7.03. The Hall–Kier alpha value is -2.49. The molecule has 0 saturated carbocycles. The van der Waals surface area contributed by atoms with Gasteiger partial charge in [-0.1, -0.05) is 66.2 Å². The molecule has 1 saturated heterocycles. The summed E-state index contributed by atoms with van der Waals surface area (Å²) in [6.45, 7) is 7.14. The maximum atomic E-state index is 15.2. The van der Waals surface area contributed by atoms with E-state index in [1.54, 1.807) is 0 Å². The molecule has 30 heavy (non-hydrogen) atoms. The van der Waals surface area contributed by atoms with Gasteiger partial charge in [0, 0.05) is 12.2 Å².